The van der Waals surface area contributed by atoms with Crippen molar-refractivity contribution in [3.8, 4) is 0 Å². The molecule has 0 unspecified atom stereocenters. The first-order valence-electron chi connectivity index (χ1n) is 3.56. The van der Waals surface area contributed by atoms with E-state index in [0.717, 1.165) is 0 Å². The number of aldehydes is 1. The van der Waals surface area contributed by atoms with Crippen LogP contribution in [0.25, 0.3) is 0 Å². The fraction of sp³-hybridized carbons (Fsp3) is 0.111. The van der Waals surface area contributed by atoms with E-state index in [1.165, 1.54) is 12.2 Å². The molecule has 70 valence electrons. The highest BCUT2D eigenvalue weighted by Crippen LogP contribution is 1.99. The molecule has 0 saturated heterocycles. The van der Waals surface area contributed by atoms with Crippen molar-refractivity contribution in [1.29, 1.82) is 0 Å². The van der Waals surface area contributed by atoms with Gasteiger partial charge in [0.1, 0.15) is 12.0 Å². The number of hydrogen-bond donors (Lipinski definition) is 2. The van der Waals surface area contributed by atoms with E-state index in [1.807, 2.05) is 0 Å². The molecule has 0 rings (SSSR count). The second-order valence-corrected chi connectivity index (χ2v) is 2.18. The van der Waals surface area contributed by atoms with Crippen LogP contribution in [0.1, 0.15) is 6.42 Å². The Labute approximate surface area is 76.3 Å². The Hall–Kier alpha value is -1.84. The summed E-state index contributed by atoms with van der Waals surface area (Å²) >= 11 is 0. The molecule has 0 fully saturated rings. The van der Waals surface area contributed by atoms with Gasteiger partial charge in [-0.1, -0.05) is 19.2 Å². The van der Waals surface area contributed by atoms with Gasteiger partial charge >= 0.3 is 0 Å². The highest BCUT2D eigenvalue weighted by Gasteiger charge is 2.04. The number of allylic oxidation sites excluding steroid dienone is 2. The number of carbonyl (C=O) groups is 2. The second-order valence-electron chi connectivity index (χ2n) is 2.18. The van der Waals surface area contributed by atoms with Gasteiger partial charge in [-0.05, 0) is 6.08 Å². The minimum Gasteiger partial charge on any atom is -0.506 e. The Morgan fingerprint density at radius 3 is 2.54 bits per heavy atom. The largest absolute Gasteiger partial charge is 0.506 e. The maximum Gasteiger partial charge on any atom is 0.231 e. The standard InChI is InChI=1S/C9H11NO3/c1-3-4-8(7(2)12)10-9(13)5-6-11/h3-4,6,12H,1-2,5H2,(H,10,13)/b8-4+. The van der Waals surface area contributed by atoms with Crippen LogP contribution < -0.4 is 5.32 Å². The third-order valence-electron chi connectivity index (χ3n) is 1.14. The Balaban J connectivity index is 4.35. The molecule has 0 aliphatic carbocycles. The number of nitrogens with one attached hydrogen (secondary N) is 1. The van der Waals surface area contributed by atoms with Crippen molar-refractivity contribution >= 4 is 12.2 Å². The van der Waals surface area contributed by atoms with Gasteiger partial charge in [0, 0.05) is 0 Å². The molecular weight excluding hydrogens is 170 g/mol. The van der Waals surface area contributed by atoms with Crippen LogP contribution in [0.3, 0.4) is 0 Å². The summed E-state index contributed by atoms with van der Waals surface area (Å²) < 4.78 is 0. The number of hydrogen-bond acceptors (Lipinski definition) is 3. The Bertz CT molecular complexity index is 266. The summed E-state index contributed by atoms with van der Waals surface area (Å²) in [6.45, 7) is 6.61. The van der Waals surface area contributed by atoms with E-state index >= 15 is 0 Å². The fourth-order valence-electron chi connectivity index (χ4n) is 0.605. The van der Waals surface area contributed by atoms with Crippen LogP contribution >= 0.6 is 0 Å². The molecule has 1 amide bonds. The summed E-state index contributed by atoms with van der Waals surface area (Å²) in [7, 11) is 0. The first kappa shape index (κ1) is 11.2. The SMILES string of the molecule is C=C/C=C(/NC(=O)CC=O)C(=C)O. The minimum absolute atomic E-state index is 0.141. The van der Waals surface area contributed by atoms with E-state index in [-0.39, 0.29) is 17.9 Å². The normalized spacial score (nSPS) is 10.3. The molecule has 0 radical (unpaired) electrons. The van der Waals surface area contributed by atoms with Crippen molar-refractivity contribution in [2.45, 2.75) is 6.42 Å². The molecule has 2 N–H and O–H groups in total. The van der Waals surface area contributed by atoms with Gasteiger partial charge in [0.05, 0.1) is 12.1 Å². The van der Waals surface area contributed by atoms with Crippen molar-refractivity contribution in [3.05, 3.63) is 36.8 Å². The van der Waals surface area contributed by atoms with E-state index in [0.29, 0.717) is 6.29 Å². The minimum atomic E-state index is -0.502. The molecule has 0 aromatic rings. The van der Waals surface area contributed by atoms with Crippen LogP contribution in [0.4, 0.5) is 0 Å². The van der Waals surface area contributed by atoms with Crippen LogP contribution in [0.5, 0.6) is 0 Å². The van der Waals surface area contributed by atoms with Gasteiger partial charge in [-0.2, -0.15) is 0 Å². The third-order valence-corrected chi connectivity index (χ3v) is 1.14. The zero-order chi connectivity index (χ0) is 10.3. The summed E-state index contributed by atoms with van der Waals surface area (Å²) in [5.74, 6) is -0.780. The number of aliphatic hydroxyl groups excluding tert-OH is 1. The zero-order valence-electron chi connectivity index (χ0n) is 7.12. The van der Waals surface area contributed by atoms with Gasteiger partial charge in [0.25, 0.3) is 0 Å². The van der Waals surface area contributed by atoms with Gasteiger partial charge in [-0.3, -0.25) is 4.79 Å². The van der Waals surface area contributed by atoms with E-state index in [2.05, 4.69) is 18.5 Å². The molecule has 0 atom stereocenters. The lowest BCUT2D eigenvalue weighted by atomic mass is 10.3. The highest BCUT2D eigenvalue weighted by molar-refractivity contribution is 5.89. The van der Waals surface area contributed by atoms with Crippen LogP contribution in [-0.2, 0) is 9.59 Å². The van der Waals surface area contributed by atoms with Crippen molar-refractivity contribution in [2.75, 3.05) is 0 Å². The molecule has 0 heterocycles. The first-order valence-corrected chi connectivity index (χ1v) is 3.56. The number of amides is 1. The fourth-order valence-corrected chi connectivity index (χ4v) is 0.605. The maximum atomic E-state index is 10.9. The molecule has 0 spiro atoms. The van der Waals surface area contributed by atoms with Crippen LogP contribution in [0, 0.1) is 0 Å². The smallest absolute Gasteiger partial charge is 0.231 e. The topological polar surface area (TPSA) is 66.4 Å². The first-order chi connectivity index (χ1) is 6.11. The van der Waals surface area contributed by atoms with Gasteiger partial charge in [-0.25, -0.2) is 0 Å². The average Bonchev–Trinajstić information content (AvgIpc) is 2.04. The number of carbonyl (C=O) groups excluding carboxylic acids is 2. The summed E-state index contributed by atoms with van der Waals surface area (Å²) in [5, 5.41) is 11.2. The predicted molar refractivity (Wildman–Crippen MR) is 48.9 cm³/mol. The van der Waals surface area contributed by atoms with Gasteiger partial charge in [0.2, 0.25) is 5.91 Å². The molecule has 4 nitrogen and oxygen atoms in total. The van der Waals surface area contributed by atoms with Crippen molar-refractivity contribution < 1.29 is 14.7 Å². The lowest BCUT2D eigenvalue weighted by molar-refractivity contribution is -0.123. The van der Waals surface area contributed by atoms with E-state index in [9.17, 15) is 9.59 Å². The molecular formula is C9H11NO3. The zero-order valence-corrected chi connectivity index (χ0v) is 7.12. The molecule has 0 bridgehead atoms. The van der Waals surface area contributed by atoms with Gasteiger partial charge in [-0.15, -0.1) is 0 Å². The molecule has 0 aliphatic heterocycles. The van der Waals surface area contributed by atoms with E-state index < -0.39 is 5.91 Å². The maximum absolute atomic E-state index is 10.9. The van der Waals surface area contributed by atoms with E-state index in [4.69, 9.17) is 5.11 Å². The van der Waals surface area contributed by atoms with Crippen molar-refractivity contribution in [1.82, 2.24) is 5.32 Å². The lowest BCUT2D eigenvalue weighted by Gasteiger charge is -2.05. The summed E-state index contributed by atoms with van der Waals surface area (Å²) in [5.41, 5.74) is 0.141. The molecule has 4 heteroatoms. The quantitative estimate of drug-likeness (QED) is 0.286. The number of aliphatic hydroxyl groups is 1. The Kier molecular flexibility index (Phi) is 4.95. The Morgan fingerprint density at radius 1 is 1.54 bits per heavy atom. The monoisotopic (exact) mass is 181 g/mol. The van der Waals surface area contributed by atoms with Crippen LogP contribution in [0.2, 0.25) is 0 Å². The van der Waals surface area contributed by atoms with Gasteiger partial charge in [0.15, 0.2) is 0 Å². The van der Waals surface area contributed by atoms with E-state index in [1.54, 1.807) is 0 Å². The Morgan fingerprint density at radius 2 is 2.15 bits per heavy atom. The summed E-state index contributed by atoms with van der Waals surface area (Å²) in [6, 6.07) is 0. The summed E-state index contributed by atoms with van der Waals surface area (Å²) in [6.07, 6.45) is 2.99. The van der Waals surface area contributed by atoms with Gasteiger partial charge < -0.3 is 15.2 Å². The third kappa shape index (κ3) is 4.58. The lowest BCUT2D eigenvalue weighted by Crippen LogP contribution is -2.23. The summed E-state index contributed by atoms with van der Waals surface area (Å²) in [4.78, 5) is 20.8. The predicted octanol–water partition coefficient (Wildman–Crippen LogP) is 0.833. The van der Waals surface area contributed by atoms with Crippen LogP contribution in [0.15, 0.2) is 36.8 Å². The number of rotatable bonds is 5. The van der Waals surface area contributed by atoms with Crippen LogP contribution in [-0.4, -0.2) is 17.3 Å². The molecule has 13 heavy (non-hydrogen) atoms. The molecule has 0 aliphatic rings. The van der Waals surface area contributed by atoms with Crippen molar-refractivity contribution in [3.63, 3.8) is 0 Å². The molecule has 0 saturated carbocycles. The van der Waals surface area contributed by atoms with Crippen molar-refractivity contribution in [2.24, 2.45) is 0 Å². The molecule has 0 aromatic carbocycles. The highest BCUT2D eigenvalue weighted by atomic mass is 16.3. The molecule has 0 aromatic heterocycles. The average molecular weight is 181 g/mol. The second kappa shape index (κ2) is 5.77.